The molecule has 0 aromatic carbocycles. The van der Waals surface area contributed by atoms with E-state index in [1.54, 1.807) is 5.51 Å². The number of hydrogen-bond acceptors (Lipinski definition) is 4. The maximum absolute atomic E-state index is 11.3. The molecule has 3 nitrogen and oxygen atoms in total. The molecule has 0 aliphatic rings. The fourth-order valence-corrected chi connectivity index (χ4v) is 1.32. The smallest absolute Gasteiger partial charge is 0.349 e. The number of alkyl halides is 1. The molecule has 0 spiro atoms. The third-order valence-electron chi connectivity index (χ3n) is 1.47. The van der Waals surface area contributed by atoms with Crippen LogP contribution in [0.3, 0.4) is 0 Å². The van der Waals surface area contributed by atoms with Crippen molar-refractivity contribution in [1.82, 2.24) is 4.98 Å². The lowest BCUT2D eigenvalue weighted by molar-refractivity contribution is 0.0513. The number of thiazole rings is 1. The zero-order valence-electron chi connectivity index (χ0n) is 7.20. The Balaban J connectivity index is 2.35. The molecular formula is C8H10BrNO2S. The van der Waals surface area contributed by atoms with Crippen molar-refractivity contribution >= 4 is 33.2 Å². The average Bonchev–Trinajstić information content (AvgIpc) is 2.66. The van der Waals surface area contributed by atoms with Gasteiger partial charge >= 0.3 is 5.97 Å². The van der Waals surface area contributed by atoms with Crippen molar-refractivity contribution in [1.29, 1.82) is 0 Å². The second-order valence-electron chi connectivity index (χ2n) is 2.47. The molecule has 1 atom stereocenters. The quantitative estimate of drug-likeness (QED) is 0.619. The molecule has 0 bridgehead atoms. The van der Waals surface area contributed by atoms with E-state index in [4.69, 9.17) is 4.74 Å². The van der Waals surface area contributed by atoms with Gasteiger partial charge in [-0.15, -0.1) is 11.3 Å². The van der Waals surface area contributed by atoms with Gasteiger partial charge in [0.1, 0.15) is 11.5 Å². The van der Waals surface area contributed by atoms with Crippen molar-refractivity contribution in [3.8, 4) is 0 Å². The second-order valence-corrected chi connectivity index (χ2v) is 4.65. The highest BCUT2D eigenvalue weighted by Gasteiger charge is 2.10. The Morgan fingerprint density at radius 2 is 2.62 bits per heavy atom. The van der Waals surface area contributed by atoms with Crippen LogP contribution in [0.25, 0.3) is 0 Å². The molecule has 0 N–H and O–H groups in total. The Morgan fingerprint density at radius 1 is 1.85 bits per heavy atom. The fourth-order valence-electron chi connectivity index (χ4n) is 0.672. The molecule has 1 heterocycles. The van der Waals surface area contributed by atoms with Crippen molar-refractivity contribution in [3.63, 3.8) is 0 Å². The number of halogens is 1. The van der Waals surface area contributed by atoms with Gasteiger partial charge in [-0.2, -0.15) is 0 Å². The van der Waals surface area contributed by atoms with Gasteiger partial charge in [0.25, 0.3) is 0 Å². The number of esters is 1. The van der Waals surface area contributed by atoms with Crippen molar-refractivity contribution in [3.05, 3.63) is 16.6 Å². The molecule has 13 heavy (non-hydrogen) atoms. The minimum atomic E-state index is -0.291. The molecule has 72 valence electrons. The minimum absolute atomic E-state index is 0.240. The lowest BCUT2D eigenvalue weighted by Gasteiger charge is -2.06. The summed E-state index contributed by atoms with van der Waals surface area (Å²) in [6.45, 7) is 2.44. The molecule has 0 radical (unpaired) electrons. The maximum Gasteiger partial charge on any atom is 0.349 e. The van der Waals surface area contributed by atoms with Crippen LogP contribution < -0.4 is 0 Å². The van der Waals surface area contributed by atoms with Gasteiger partial charge in [0.15, 0.2) is 0 Å². The molecule has 0 amide bonds. The monoisotopic (exact) mass is 263 g/mol. The van der Waals surface area contributed by atoms with Crippen LogP contribution in [0.5, 0.6) is 0 Å². The van der Waals surface area contributed by atoms with Gasteiger partial charge in [0, 0.05) is 4.83 Å². The molecule has 1 aromatic heterocycles. The zero-order chi connectivity index (χ0) is 9.68. The Labute approximate surface area is 89.3 Å². The molecule has 1 aromatic rings. The normalized spacial score (nSPS) is 12.5. The topological polar surface area (TPSA) is 39.2 Å². The molecular weight excluding hydrogens is 254 g/mol. The summed E-state index contributed by atoms with van der Waals surface area (Å²) in [5.74, 6) is -0.291. The number of aromatic nitrogens is 1. The number of hydrogen-bond donors (Lipinski definition) is 0. The van der Waals surface area contributed by atoms with Crippen LogP contribution >= 0.6 is 27.3 Å². The number of carbonyl (C=O) groups excluding carboxylic acids is 1. The average molecular weight is 264 g/mol. The van der Waals surface area contributed by atoms with Crippen LogP contribution in [0.4, 0.5) is 0 Å². The van der Waals surface area contributed by atoms with Crippen molar-refractivity contribution in [2.45, 2.75) is 18.2 Å². The number of rotatable bonds is 4. The first-order valence-electron chi connectivity index (χ1n) is 3.93. The van der Waals surface area contributed by atoms with E-state index in [0.29, 0.717) is 11.5 Å². The minimum Gasteiger partial charge on any atom is -0.460 e. The van der Waals surface area contributed by atoms with E-state index in [9.17, 15) is 4.79 Å². The first-order chi connectivity index (χ1) is 6.24. The summed E-state index contributed by atoms with van der Waals surface area (Å²) in [6.07, 6.45) is 2.46. The van der Waals surface area contributed by atoms with Gasteiger partial charge in [0.2, 0.25) is 0 Å². The van der Waals surface area contributed by atoms with E-state index in [1.165, 1.54) is 17.5 Å². The molecule has 0 saturated heterocycles. The molecule has 0 fully saturated rings. The highest BCUT2D eigenvalue weighted by molar-refractivity contribution is 9.09. The summed E-state index contributed by atoms with van der Waals surface area (Å²) in [6, 6.07) is 0. The summed E-state index contributed by atoms with van der Waals surface area (Å²) >= 11 is 4.67. The van der Waals surface area contributed by atoms with Crippen LogP contribution in [-0.2, 0) is 4.74 Å². The summed E-state index contributed by atoms with van der Waals surface area (Å²) in [4.78, 5) is 15.8. The Bertz CT molecular complexity index is 263. The predicted molar refractivity (Wildman–Crippen MR) is 55.4 cm³/mol. The third-order valence-corrected chi connectivity index (χ3v) is 3.14. The Kier molecular flexibility index (Phi) is 4.38. The molecule has 0 saturated carbocycles. The SMILES string of the molecule is CCC(Br)COC(=O)c1cncs1. The first-order valence-corrected chi connectivity index (χ1v) is 5.73. The van der Waals surface area contributed by atoms with E-state index in [0.717, 1.165) is 6.42 Å². The predicted octanol–water partition coefficient (Wildman–Crippen LogP) is 2.47. The van der Waals surface area contributed by atoms with Gasteiger partial charge in [-0.1, -0.05) is 22.9 Å². The van der Waals surface area contributed by atoms with Crippen molar-refractivity contribution < 1.29 is 9.53 Å². The molecule has 1 rings (SSSR count). The molecule has 5 heteroatoms. The Hall–Kier alpha value is -0.420. The highest BCUT2D eigenvalue weighted by atomic mass is 79.9. The van der Waals surface area contributed by atoms with Crippen LogP contribution in [0, 0.1) is 0 Å². The van der Waals surface area contributed by atoms with Crippen LogP contribution in [0.2, 0.25) is 0 Å². The summed E-state index contributed by atoms with van der Waals surface area (Å²) in [5, 5.41) is 0. The number of ether oxygens (including phenoxy) is 1. The maximum atomic E-state index is 11.3. The summed E-state index contributed by atoms with van der Waals surface area (Å²) < 4.78 is 5.02. The van der Waals surface area contributed by atoms with Crippen LogP contribution in [0.1, 0.15) is 23.0 Å². The van der Waals surface area contributed by atoms with E-state index in [2.05, 4.69) is 20.9 Å². The lowest BCUT2D eigenvalue weighted by Crippen LogP contribution is -2.12. The highest BCUT2D eigenvalue weighted by Crippen LogP contribution is 2.10. The van der Waals surface area contributed by atoms with E-state index in [1.807, 2.05) is 6.92 Å². The van der Waals surface area contributed by atoms with Gasteiger partial charge in [-0.25, -0.2) is 4.79 Å². The number of nitrogens with zero attached hydrogens (tertiary/aromatic N) is 1. The standard InChI is InChI=1S/C8H10BrNO2S/c1-2-6(9)4-12-8(11)7-3-10-5-13-7/h3,5-6H,2,4H2,1H3. The van der Waals surface area contributed by atoms with E-state index < -0.39 is 0 Å². The Morgan fingerprint density at radius 3 is 3.15 bits per heavy atom. The summed E-state index contributed by atoms with van der Waals surface area (Å²) in [5.41, 5.74) is 1.61. The second kappa shape index (κ2) is 5.34. The summed E-state index contributed by atoms with van der Waals surface area (Å²) in [7, 11) is 0. The third kappa shape index (κ3) is 3.44. The van der Waals surface area contributed by atoms with E-state index in [-0.39, 0.29) is 10.8 Å². The largest absolute Gasteiger partial charge is 0.460 e. The van der Waals surface area contributed by atoms with Crippen molar-refractivity contribution in [2.75, 3.05) is 6.61 Å². The van der Waals surface area contributed by atoms with Crippen LogP contribution in [-0.4, -0.2) is 22.4 Å². The molecule has 0 aliphatic heterocycles. The van der Waals surface area contributed by atoms with Gasteiger partial charge in [0.05, 0.1) is 11.7 Å². The lowest BCUT2D eigenvalue weighted by atomic mass is 10.4. The molecule has 1 unspecified atom stereocenters. The van der Waals surface area contributed by atoms with Crippen molar-refractivity contribution in [2.24, 2.45) is 0 Å². The van der Waals surface area contributed by atoms with Gasteiger partial charge in [-0.3, -0.25) is 4.98 Å². The van der Waals surface area contributed by atoms with Gasteiger partial charge in [-0.05, 0) is 6.42 Å². The number of carbonyl (C=O) groups is 1. The van der Waals surface area contributed by atoms with Gasteiger partial charge < -0.3 is 4.74 Å². The fraction of sp³-hybridized carbons (Fsp3) is 0.500. The zero-order valence-corrected chi connectivity index (χ0v) is 9.60. The van der Waals surface area contributed by atoms with E-state index >= 15 is 0 Å². The van der Waals surface area contributed by atoms with Crippen LogP contribution in [0.15, 0.2) is 11.7 Å². The first kappa shape index (κ1) is 10.7. The molecule has 0 aliphatic carbocycles.